The van der Waals surface area contributed by atoms with Crippen molar-refractivity contribution in [1.82, 2.24) is 14.8 Å². The third-order valence-electron chi connectivity index (χ3n) is 2.59. The fraction of sp³-hybridized carbons (Fsp3) is 0.333. The van der Waals surface area contributed by atoms with Crippen LogP contribution in [0.2, 0.25) is 0 Å². The first-order valence-corrected chi connectivity index (χ1v) is 5.92. The number of benzene rings is 1. The Morgan fingerprint density at radius 2 is 2.18 bits per heavy atom. The van der Waals surface area contributed by atoms with E-state index in [-0.39, 0.29) is 0 Å². The number of methoxy groups -OCH3 is 1. The maximum Gasteiger partial charge on any atom is 0.199 e. The van der Waals surface area contributed by atoms with E-state index in [2.05, 4.69) is 17.1 Å². The largest absolute Gasteiger partial charge is 0.380 e. The van der Waals surface area contributed by atoms with Gasteiger partial charge >= 0.3 is 0 Å². The van der Waals surface area contributed by atoms with Gasteiger partial charge in [0.15, 0.2) is 4.77 Å². The summed E-state index contributed by atoms with van der Waals surface area (Å²) in [5.74, 6) is 0.929. The molecule has 0 amide bonds. The van der Waals surface area contributed by atoms with Crippen LogP contribution < -0.4 is 0 Å². The normalized spacial score (nSPS) is 10.7. The lowest BCUT2D eigenvalue weighted by Crippen LogP contribution is -2.04. The molecular weight excluding hydrogens is 234 g/mol. The van der Waals surface area contributed by atoms with E-state index in [0.29, 0.717) is 11.4 Å². The summed E-state index contributed by atoms with van der Waals surface area (Å²) in [5, 5.41) is 7.05. The number of H-pyrrole nitrogens is 1. The van der Waals surface area contributed by atoms with Gasteiger partial charge in [-0.15, -0.1) is 0 Å². The van der Waals surface area contributed by atoms with Crippen LogP contribution in [0.25, 0.3) is 5.69 Å². The minimum Gasteiger partial charge on any atom is -0.380 e. The molecule has 17 heavy (non-hydrogen) atoms. The average Bonchev–Trinajstić information content (AvgIpc) is 2.72. The Labute approximate surface area is 105 Å². The Hall–Kier alpha value is -1.46. The summed E-state index contributed by atoms with van der Waals surface area (Å²) >= 11 is 5.27. The zero-order valence-corrected chi connectivity index (χ0v) is 10.8. The number of ether oxygens (including phenoxy) is 1. The predicted octanol–water partition coefficient (Wildman–Crippen LogP) is 2.64. The highest BCUT2D eigenvalue weighted by atomic mass is 32.1. The topological polar surface area (TPSA) is 42.8 Å². The Balaban J connectivity index is 2.59. The molecule has 0 atom stereocenters. The van der Waals surface area contributed by atoms with Crippen LogP contribution in [0.5, 0.6) is 0 Å². The summed E-state index contributed by atoms with van der Waals surface area (Å²) in [6.07, 6.45) is 0.828. The maximum absolute atomic E-state index is 5.27. The number of aromatic amines is 1. The van der Waals surface area contributed by atoms with Crippen LogP contribution in [0.15, 0.2) is 24.3 Å². The Morgan fingerprint density at radius 1 is 1.41 bits per heavy atom. The van der Waals surface area contributed by atoms with Crippen molar-refractivity contribution in [2.75, 3.05) is 7.11 Å². The highest BCUT2D eigenvalue weighted by molar-refractivity contribution is 7.71. The van der Waals surface area contributed by atoms with Crippen LogP contribution in [0.1, 0.15) is 18.3 Å². The van der Waals surface area contributed by atoms with E-state index in [4.69, 9.17) is 17.0 Å². The van der Waals surface area contributed by atoms with Crippen LogP contribution in [0.4, 0.5) is 0 Å². The lowest BCUT2D eigenvalue weighted by molar-refractivity contribution is 0.184. The highest BCUT2D eigenvalue weighted by Gasteiger charge is 2.09. The van der Waals surface area contributed by atoms with Crippen molar-refractivity contribution >= 4 is 12.2 Å². The maximum atomic E-state index is 5.27. The summed E-state index contributed by atoms with van der Waals surface area (Å²) in [5.41, 5.74) is 2.13. The molecule has 2 rings (SSSR count). The Bertz CT molecular complexity index is 559. The van der Waals surface area contributed by atoms with Crippen molar-refractivity contribution in [3.05, 3.63) is 40.4 Å². The summed E-state index contributed by atoms with van der Waals surface area (Å²) in [6.45, 7) is 2.62. The van der Waals surface area contributed by atoms with Gasteiger partial charge in [-0.05, 0) is 18.3 Å². The monoisotopic (exact) mass is 249 g/mol. The number of nitrogens with zero attached hydrogens (tertiary/aromatic N) is 2. The van der Waals surface area contributed by atoms with Gasteiger partial charge < -0.3 is 4.74 Å². The number of para-hydroxylation sites is 1. The van der Waals surface area contributed by atoms with Crippen LogP contribution in [-0.4, -0.2) is 21.9 Å². The standard InChI is InChI=1S/C12H15N3OS/c1-3-11-13-14-12(17)15(11)10-7-5-4-6-9(10)8-16-2/h4-7H,3,8H2,1-2H3,(H,14,17). The third-order valence-corrected chi connectivity index (χ3v) is 2.86. The summed E-state index contributed by atoms with van der Waals surface area (Å²) in [7, 11) is 1.69. The van der Waals surface area contributed by atoms with E-state index < -0.39 is 0 Å². The molecule has 0 bridgehead atoms. The number of aryl methyl sites for hydroxylation is 1. The number of aromatic nitrogens is 3. The van der Waals surface area contributed by atoms with Gasteiger partial charge in [-0.3, -0.25) is 9.67 Å². The molecule has 0 unspecified atom stereocenters. The van der Waals surface area contributed by atoms with Gasteiger partial charge in [0.1, 0.15) is 5.82 Å². The van der Waals surface area contributed by atoms with Crippen LogP contribution in [-0.2, 0) is 17.8 Å². The minimum atomic E-state index is 0.562. The SMILES string of the molecule is CCc1n[nH]c(=S)n1-c1ccccc1COC. The fourth-order valence-corrected chi connectivity index (χ4v) is 2.07. The molecule has 0 spiro atoms. The number of nitrogens with one attached hydrogen (secondary N) is 1. The molecule has 0 radical (unpaired) electrons. The van der Waals surface area contributed by atoms with Crippen molar-refractivity contribution in [2.24, 2.45) is 0 Å². The first-order chi connectivity index (χ1) is 8.27. The number of hydrogen-bond acceptors (Lipinski definition) is 3. The molecule has 4 nitrogen and oxygen atoms in total. The molecule has 1 heterocycles. The van der Waals surface area contributed by atoms with Gasteiger partial charge in [0.25, 0.3) is 0 Å². The second-order valence-electron chi connectivity index (χ2n) is 3.70. The van der Waals surface area contributed by atoms with Crippen molar-refractivity contribution < 1.29 is 4.74 Å². The Kier molecular flexibility index (Phi) is 3.71. The van der Waals surface area contributed by atoms with Crippen LogP contribution in [0, 0.1) is 4.77 Å². The Morgan fingerprint density at radius 3 is 2.88 bits per heavy atom. The van der Waals surface area contributed by atoms with E-state index in [9.17, 15) is 0 Å². The van der Waals surface area contributed by atoms with Crippen LogP contribution in [0.3, 0.4) is 0 Å². The van der Waals surface area contributed by atoms with E-state index >= 15 is 0 Å². The van der Waals surface area contributed by atoms with Gasteiger partial charge in [-0.2, -0.15) is 5.10 Å². The van der Waals surface area contributed by atoms with Crippen molar-refractivity contribution in [3.8, 4) is 5.69 Å². The fourth-order valence-electron chi connectivity index (χ4n) is 1.82. The number of rotatable bonds is 4. The van der Waals surface area contributed by atoms with Gasteiger partial charge in [0, 0.05) is 19.1 Å². The molecule has 1 aromatic carbocycles. The molecule has 2 aromatic rings. The van der Waals surface area contributed by atoms with Gasteiger partial charge in [0.2, 0.25) is 0 Å². The molecule has 1 N–H and O–H groups in total. The molecule has 90 valence electrons. The summed E-state index contributed by atoms with van der Waals surface area (Å²) < 4.78 is 7.78. The lowest BCUT2D eigenvalue weighted by Gasteiger charge is -2.10. The highest BCUT2D eigenvalue weighted by Crippen LogP contribution is 2.17. The molecule has 0 aliphatic rings. The molecule has 0 saturated heterocycles. The molecule has 0 saturated carbocycles. The van der Waals surface area contributed by atoms with Crippen molar-refractivity contribution in [2.45, 2.75) is 20.0 Å². The molecule has 0 fully saturated rings. The quantitative estimate of drug-likeness (QED) is 0.847. The smallest absolute Gasteiger partial charge is 0.199 e. The zero-order chi connectivity index (χ0) is 12.3. The van der Waals surface area contributed by atoms with E-state index in [0.717, 1.165) is 23.5 Å². The first kappa shape index (κ1) is 12.0. The minimum absolute atomic E-state index is 0.562. The van der Waals surface area contributed by atoms with Crippen molar-refractivity contribution in [1.29, 1.82) is 0 Å². The lowest BCUT2D eigenvalue weighted by atomic mass is 10.2. The van der Waals surface area contributed by atoms with E-state index in [1.807, 2.05) is 28.8 Å². The van der Waals surface area contributed by atoms with E-state index in [1.165, 1.54) is 0 Å². The predicted molar refractivity (Wildman–Crippen MR) is 68.8 cm³/mol. The summed E-state index contributed by atoms with van der Waals surface area (Å²) in [6, 6.07) is 8.04. The van der Waals surface area contributed by atoms with Gasteiger partial charge in [-0.25, -0.2) is 0 Å². The molecule has 0 aliphatic carbocycles. The molecule has 1 aromatic heterocycles. The second kappa shape index (κ2) is 5.25. The first-order valence-electron chi connectivity index (χ1n) is 5.51. The summed E-state index contributed by atoms with van der Waals surface area (Å²) in [4.78, 5) is 0. The number of hydrogen-bond donors (Lipinski definition) is 1. The molecular formula is C12H15N3OS. The average molecular weight is 249 g/mol. The van der Waals surface area contributed by atoms with E-state index in [1.54, 1.807) is 7.11 Å². The van der Waals surface area contributed by atoms with Crippen molar-refractivity contribution in [3.63, 3.8) is 0 Å². The molecule has 5 heteroatoms. The van der Waals surface area contributed by atoms with Crippen LogP contribution >= 0.6 is 12.2 Å². The molecule has 0 aliphatic heterocycles. The zero-order valence-electron chi connectivity index (χ0n) is 9.93. The van der Waals surface area contributed by atoms with Gasteiger partial charge in [0.05, 0.1) is 12.3 Å². The second-order valence-corrected chi connectivity index (χ2v) is 4.08. The van der Waals surface area contributed by atoms with Gasteiger partial charge in [-0.1, -0.05) is 25.1 Å². The third kappa shape index (κ3) is 2.30.